The van der Waals surface area contributed by atoms with Crippen molar-refractivity contribution < 1.29 is 19.0 Å². The second-order valence-electron chi connectivity index (χ2n) is 4.66. The van der Waals surface area contributed by atoms with Gasteiger partial charge in [-0.15, -0.1) is 0 Å². The average Bonchev–Trinajstić information content (AvgIpc) is 2.54. The molecule has 116 valence electrons. The van der Waals surface area contributed by atoms with Gasteiger partial charge in [-0.25, -0.2) is 4.39 Å². The van der Waals surface area contributed by atoms with Crippen LogP contribution in [0, 0.1) is 5.82 Å². The Morgan fingerprint density at radius 1 is 1.41 bits per heavy atom. The van der Waals surface area contributed by atoms with E-state index < -0.39 is 11.7 Å². The van der Waals surface area contributed by atoms with Crippen molar-refractivity contribution in [3.8, 4) is 5.75 Å². The van der Waals surface area contributed by atoms with Crippen LogP contribution in [0.1, 0.15) is 15.9 Å². The molecule has 0 aliphatic rings. The minimum Gasteiger partial charge on any atom is -0.497 e. The average molecular weight is 304 g/mol. The summed E-state index contributed by atoms with van der Waals surface area (Å²) in [6.07, 6.45) is 3.26. The Morgan fingerprint density at radius 2 is 2.23 bits per heavy atom. The fourth-order valence-electron chi connectivity index (χ4n) is 2.05. The molecule has 1 heterocycles. The largest absolute Gasteiger partial charge is 0.497 e. The fourth-order valence-corrected chi connectivity index (χ4v) is 2.05. The van der Waals surface area contributed by atoms with Crippen LogP contribution in [0.2, 0.25) is 0 Å². The molecule has 1 N–H and O–H groups in total. The van der Waals surface area contributed by atoms with Crippen molar-refractivity contribution in [2.75, 3.05) is 20.3 Å². The first-order chi connectivity index (χ1) is 10.7. The lowest BCUT2D eigenvalue weighted by atomic mass is 10.1. The van der Waals surface area contributed by atoms with Gasteiger partial charge in [0.15, 0.2) is 0 Å². The molecule has 0 bridgehead atoms. The second-order valence-corrected chi connectivity index (χ2v) is 4.66. The highest BCUT2D eigenvalue weighted by molar-refractivity contribution is 5.94. The molecule has 1 amide bonds. The van der Waals surface area contributed by atoms with Gasteiger partial charge in [0.05, 0.1) is 19.3 Å². The van der Waals surface area contributed by atoms with E-state index >= 15 is 0 Å². The predicted octanol–water partition coefficient (Wildman–Crippen LogP) is 1.86. The third-order valence-electron chi connectivity index (χ3n) is 3.16. The third kappa shape index (κ3) is 3.79. The lowest BCUT2D eigenvalue weighted by Crippen LogP contribution is -2.33. The van der Waals surface area contributed by atoms with Gasteiger partial charge in [0.1, 0.15) is 11.6 Å². The molecule has 6 heteroatoms. The lowest BCUT2D eigenvalue weighted by molar-refractivity contribution is 0.0703. The van der Waals surface area contributed by atoms with E-state index in [9.17, 15) is 9.18 Å². The number of rotatable bonds is 6. The van der Waals surface area contributed by atoms with E-state index in [0.29, 0.717) is 5.75 Å². The normalized spacial score (nSPS) is 10.3. The Bertz CT molecular complexity index is 635. The molecule has 0 aliphatic heterocycles. The number of aliphatic hydroxyl groups is 1. The summed E-state index contributed by atoms with van der Waals surface area (Å²) in [6, 6.07) is 7.63. The smallest absolute Gasteiger partial charge is 0.257 e. The van der Waals surface area contributed by atoms with Crippen molar-refractivity contribution in [3.63, 3.8) is 0 Å². The topological polar surface area (TPSA) is 62.7 Å². The summed E-state index contributed by atoms with van der Waals surface area (Å²) in [5, 5.41) is 9.14. The Balaban J connectivity index is 2.22. The van der Waals surface area contributed by atoms with Crippen LogP contribution < -0.4 is 4.74 Å². The molecule has 0 radical (unpaired) electrons. The minimum atomic E-state index is -0.654. The summed E-state index contributed by atoms with van der Waals surface area (Å²) in [5.74, 6) is -0.799. The lowest BCUT2D eigenvalue weighted by Gasteiger charge is -2.22. The van der Waals surface area contributed by atoms with Crippen LogP contribution in [0.15, 0.2) is 42.7 Å². The summed E-state index contributed by atoms with van der Waals surface area (Å²) >= 11 is 0. The summed E-state index contributed by atoms with van der Waals surface area (Å²) in [5.41, 5.74) is 0.747. The minimum absolute atomic E-state index is 0.0573. The monoisotopic (exact) mass is 304 g/mol. The zero-order valence-electron chi connectivity index (χ0n) is 12.2. The molecule has 22 heavy (non-hydrogen) atoms. The zero-order chi connectivity index (χ0) is 15.9. The quantitative estimate of drug-likeness (QED) is 0.885. The molecule has 2 aromatic rings. The highest BCUT2D eigenvalue weighted by Gasteiger charge is 2.19. The Kier molecular flexibility index (Phi) is 5.43. The summed E-state index contributed by atoms with van der Waals surface area (Å²) in [4.78, 5) is 17.8. The van der Waals surface area contributed by atoms with E-state index in [1.807, 2.05) is 6.07 Å². The van der Waals surface area contributed by atoms with Crippen LogP contribution in [0.5, 0.6) is 5.75 Å². The van der Waals surface area contributed by atoms with Gasteiger partial charge in [0.2, 0.25) is 0 Å². The van der Waals surface area contributed by atoms with Crippen LogP contribution in [0.25, 0.3) is 0 Å². The van der Waals surface area contributed by atoms with E-state index in [4.69, 9.17) is 9.84 Å². The van der Waals surface area contributed by atoms with E-state index in [1.54, 1.807) is 18.5 Å². The number of pyridine rings is 1. The van der Waals surface area contributed by atoms with E-state index in [1.165, 1.54) is 24.1 Å². The molecule has 2 rings (SSSR count). The fraction of sp³-hybridized carbons (Fsp3) is 0.250. The first kappa shape index (κ1) is 15.9. The molecule has 5 nitrogen and oxygen atoms in total. The number of hydrogen-bond acceptors (Lipinski definition) is 4. The number of benzene rings is 1. The molecule has 1 aromatic heterocycles. The van der Waals surface area contributed by atoms with E-state index in [0.717, 1.165) is 11.6 Å². The number of halogens is 1. The van der Waals surface area contributed by atoms with Gasteiger partial charge in [0, 0.05) is 31.5 Å². The molecular weight excluding hydrogens is 287 g/mol. The van der Waals surface area contributed by atoms with Crippen molar-refractivity contribution in [1.29, 1.82) is 0 Å². The van der Waals surface area contributed by atoms with E-state index in [-0.39, 0.29) is 25.3 Å². The van der Waals surface area contributed by atoms with Gasteiger partial charge >= 0.3 is 0 Å². The number of hydrogen-bond donors (Lipinski definition) is 1. The number of carbonyl (C=O) groups is 1. The molecule has 0 aliphatic carbocycles. The molecule has 1 aromatic carbocycles. The molecule has 0 atom stereocenters. The molecular formula is C16H17FN2O3. The molecule has 0 fully saturated rings. The molecule has 0 spiro atoms. The number of ether oxygens (including phenoxy) is 1. The van der Waals surface area contributed by atoms with Crippen LogP contribution in [0.3, 0.4) is 0 Å². The van der Waals surface area contributed by atoms with Crippen molar-refractivity contribution in [1.82, 2.24) is 9.88 Å². The van der Waals surface area contributed by atoms with E-state index in [2.05, 4.69) is 4.98 Å². The maximum Gasteiger partial charge on any atom is 0.257 e. The van der Waals surface area contributed by atoms with Crippen molar-refractivity contribution in [2.45, 2.75) is 6.54 Å². The van der Waals surface area contributed by atoms with Gasteiger partial charge in [0.25, 0.3) is 5.91 Å². The van der Waals surface area contributed by atoms with Crippen LogP contribution in [-0.2, 0) is 6.54 Å². The van der Waals surface area contributed by atoms with Crippen molar-refractivity contribution >= 4 is 5.91 Å². The highest BCUT2D eigenvalue weighted by Crippen LogP contribution is 2.18. The number of nitrogens with zero attached hydrogens (tertiary/aromatic N) is 2. The van der Waals surface area contributed by atoms with Crippen molar-refractivity contribution in [2.24, 2.45) is 0 Å². The van der Waals surface area contributed by atoms with Gasteiger partial charge in [-0.3, -0.25) is 9.78 Å². The number of aromatic nitrogens is 1. The summed E-state index contributed by atoms with van der Waals surface area (Å²) < 4.78 is 18.9. The molecule has 0 saturated carbocycles. The SMILES string of the molecule is COc1ccc(C(=O)N(CCO)Cc2cccnc2)c(F)c1. The Hall–Kier alpha value is -2.47. The maximum absolute atomic E-state index is 14.0. The standard InChI is InChI=1S/C16H17FN2O3/c1-22-13-4-5-14(15(17)9-13)16(21)19(7-8-20)11-12-3-2-6-18-10-12/h2-6,9-10,20H,7-8,11H2,1H3. The Labute approximate surface area is 128 Å². The van der Waals surface area contributed by atoms with Gasteiger partial charge in [-0.2, -0.15) is 0 Å². The second kappa shape index (κ2) is 7.51. The maximum atomic E-state index is 14.0. The number of aliphatic hydroxyl groups excluding tert-OH is 1. The summed E-state index contributed by atoms with van der Waals surface area (Å²) in [7, 11) is 1.43. The Morgan fingerprint density at radius 3 is 2.82 bits per heavy atom. The number of carbonyl (C=O) groups excluding carboxylic acids is 1. The number of methoxy groups -OCH3 is 1. The van der Waals surface area contributed by atoms with Crippen LogP contribution in [0.4, 0.5) is 4.39 Å². The van der Waals surface area contributed by atoms with Gasteiger partial charge < -0.3 is 14.7 Å². The third-order valence-corrected chi connectivity index (χ3v) is 3.16. The summed E-state index contributed by atoms with van der Waals surface area (Å²) in [6.45, 7) is 0.154. The van der Waals surface area contributed by atoms with Crippen molar-refractivity contribution in [3.05, 3.63) is 59.7 Å². The first-order valence-corrected chi connectivity index (χ1v) is 6.78. The molecule has 0 saturated heterocycles. The molecule has 0 unspecified atom stereocenters. The number of amides is 1. The van der Waals surface area contributed by atoms with Crippen LogP contribution >= 0.6 is 0 Å². The zero-order valence-corrected chi connectivity index (χ0v) is 12.2. The highest BCUT2D eigenvalue weighted by atomic mass is 19.1. The van der Waals surface area contributed by atoms with Gasteiger partial charge in [-0.1, -0.05) is 6.07 Å². The van der Waals surface area contributed by atoms with Gasteiger partial charge in [-0.05, 0) is 23.8 Å². The predicted molar refractivity (Wildman–Crippen MR) is 79.0 cm³/mol. The first-order valence-electron chi connectivity index (χ1n) is 6.78. The van der Waals surface area contributed by atoms with Crippen LogP contribution in [-0.4, -0.2) is 41.2 Å².